The van der Waals surface area contributed by atoms with E-state index in [0.717, 1.165) is 61.7 Å². The number of H-pyrrole nitrogens is 1. The number of ether oxygens (including phenoxy) is 1. The van der Waals surface area contributed by atoms with Crippen LogP contribution in [0.5, 0.6) is 0 Å². The highest BCUT2D eigenvalue weighted by atomic mass is 16.5. The summed E-state index contributed by atoms with van der Waals surface area (Å²) < 4.78 is 5.45. The average Bonchev–Trinajstić information content (AvgIpc) is 3.35. The van der Waals surface area contributed by atoms with Crippen molar-refractivity contribution in [3.05, 3.63) is 77.0 Å². The quantitative estimate of drug-likeness (QED) is 0.666. The second-order valence-corrected chi connectivity index (χ2v) is 8.35. The standard InChI is InChI=1S/C25H28N4O2/c1-18-8-10-19(11-9-18)22-21-23(27-26-22)25(30)29(24(21)20-6-3-2-4-7-20)13-5-12-28-14-16-31-17-15-28/h2-4,6-11,24H,5,12-17H2,1H3,(H,26,27). The van der Waals surface area contributed by atoms with E-state index in [0.29, 0.717) is 12.2 Å². The third-order valence-electron chi connectivity index (χ3n) is 6.28. The lowest BCUT2D eigenvalue weighted by Crippen LogP contribution is -2.38. The summed E-state index contributed by atoms with van der Waals surface area (Å²) in [5.74, 6) is 0.0386. The van der Waals surface area contributed by atoms with Crippen molar-refractivity contribution in [2.45, 2.75) is 19.4 Å². The average molecular weight is 417 g/mol. The molecule has 0 spiro atoms. The van der Waals surface area contributed by atoms with Gasteiger partial charge < -0.3 is 9.64 Å². The maximum atomic E-state index is 13.4. The van der Waals surface area contributed by atoms with Gasteiger partial charge in [-0.2, -0.15) is 5.10 Å². The predicted molar refractivity (Wildman–Crippen MR) is 120 cm³/mol. The first-order valence-electron chi connectivity index (χ1n) is 11.0. The van der Waals surface area contributed by atoms with Crippen LogP contribution in [-0.2, 0) is 4.74 Å². The third-order valence-corrected chi connectivity index (χ3v) is 6.28. The zero-order valence-corrected chi connectivity index (χ0v) is 17.9. The van der Waals surface area contributed by atoms with Crippen LogP contribution < -0.4 is 0 Å². The summed E-state index contributed by atoms with van der Waals surface area (Å²) in [5.41, 5.74) is 5.84. The van der Waals surface area contributed by atoms with Gasteiger partial charge in [-0.05, 0) is 18.9 Å². The van der Waals surface area contributed by atoms with Crippen LogP contribution in [0.15, 0.2) is 54.6 Å². The van der Waals surface area contributed by atoms with Crippen LogP contribution in [0.25, 0.3) is 11.3 Å². The summed E-state index contributed by atoms with van der Waals surface area (Å²) in [6, 6.07) is 18.5. The third kappa shape index (κ3) is 3.89. The molecule has 3 aromatic rings. The van der Waals surface area contributed by atoms with Crippen LogP contribution in [0.3, 0.4) is 0 Å². The number of aryl methyl sites for hydroxylation is 1. The molecule has 160 valence electrons. The van der Waals surface area contributed by atoms with Crippen LogP contribution in [0.2, 0.25) is 0 Å². The predicted octanol–water partition coefficient (Wildman–Crippen LogP) is 3.65. The molecular formula is C25H28N4O2. The SMILES string of the molecule is Cc1ccc(-c2n[nH]c3c2C(c2ccccc2)N(CCCN2CCOCC2)C3=O)cc1. The number of nitrogens with zero attached hydrogens (tertiary/aromatic N) is 3. The van der Waals surface area contributed by atoms with Crippen LogP contribution in [0, 0.1) is 6.92 Å². The summed E-state index contributed by atoms with van der Waals surface area (Å²) in [5, 5.41) is 7.61. The number of carbonyl (C=O) groups excluding carboxylic acids is 1. The van der Waals surface area contributed by atoms with Gasteiger partial charge in [0, 0.05) is 37.3 Å². The molecule has 0 saturated carbocycles. The van der Waals surface area contributed by atoms with Gasteiger partial charge in [0.25, 0.3) is 5.91 Å². The van der Waals surface area contributed by atoms with Gasteiger partial charge in [-0.3, -0.25) is 14.8 Å². The lowest BCUT2D eigenvalue weighted by molar-refractivity contribution is 0.0354. The van der Waals surface area contributed by atoms with E-state index >= 15 is 0 Å². The first-order chi connectivity index (χ1) is 15.2. The van der Waals surface area contributed by atoms with E-state index in [1.54, 1.807) is 0 Å². The van der Waals surface area contributed by atoms with E-state index < -0.39 is 0 Å². The molecule has 0 radical (unpaired) electrons. The number of aromatic nitrogens is 2. The fourth-order valence-electron chi connectivity index (χ4n) is 4.63. The van der Waals surface area contributed by atoms with Crippen LogP contribution in [0.4, 0.5) is 0 Å². The lowest BCUT2D eigenvalue weighted by atomic mass is 9.96. The molecule has 3 heterocycles. The van der Waals surface area contributed by atoms with Crippen molar-refractivity contribution < 1.29 is 9.53 Å². The normalized spacial score (nSPS) is 19.1. The summed E-state index contributed by atoms with van der Waals surface area (Å²) in [6.45, 7) is 7.30. The second-order valence-electron chi connectivity index (χ2n) is 8.35. The van der Waals surface area contributed by atoms with Gasteiger partial charge in [0.1, 0.15) is 5.69 Å². The molecule has 2 aliphatic heterocycles. The molecule has 2 aliphatic rings. The van der Waals surface area contributed by atoms with Crippen molar-refractivity contribution in [3.8, 4) is 11.3 Å². The molecule has 1 fully saturated rings. The highest BCUT2D eigenvalue weighted by Crippen LogP contribution is 2.42. The molecule has 1 unspecified atom stereocenters. The van der Waals surface area contributed by atoms with Gasteiger partial charge >= 0.3 is 0 Å². The number of benzene rings is 2. The number of fused-ring (bicyclic) bond motifs is 1. The van der Waals surface area contributed by atoms with Crippen molar-refractivity contribution >= 4 is 5.91 Å². The zero-order chi connectivity index (χ0) is 21.2. The Morgan fingerprint density at radius 1 is 1.03 bits per heavy atom. The van der Waals surface area contributed by atoms with Gasteiger partial charge in [0.05, 0.1) is 24.9 Å². The molecule has 1 atom stereocenters. The maximum Gasteiger partial charge on any atom is 0.273 e. The minimum Gasteiger partial charge on any atom is -0.379 e. The van der Waals surface area contributed by atoms with Crippen molar-refractivity contribution in [1.29, 1.82) is 0 Å². The molecule has 1 amide bonds. The largest absolute Gasteiger partial charge is 0.379 e. The van der Waals surface area contributed by atoms with E-state index in [4.69, 9.17) is 4.74 Å². The minimum absolute atomic E-state index is 0.0386. The smallest absolute Gasteiger partial charge is 0.273 e. The van der Waals surface area contributed by atoms with Crippen LogP contribution in [0.1, 0.15) is 39.6 Å². The van der Waals surface area contributed by atoms with Gasteiger partial charge in [-0.15, -0.1) is 0 Å². The Bertz CT molecular complexity index is 1040. The Balaban J connectivity index is 1.45. The molecular weight excluding hydrogens is 388 g/mol. The van der Waals surface area contributed by atoms with Gasteiger partial charge in [0.15, 0.2) is 0 Å². The first kappa shape index (κ1) is 20.0. The van der Waals surface area contributed by atoms with E-state index in [2.05, 4.69) is 58.4 Å². The van der Waals surface area contributed by atoms with Gasteiger partial charge in [-0.25, -0.2) is 0 Å². The molecule has 2 aromatic carbocycles. The van der Waals surface area contributed by atoms with E-state index in [-0.39, 0.29) is 11.9 Å². The maximum absolute atomic E-state index is 13.4. The Hall–Kier alpha value is -2.96. The molecule has 0 bridgehead atoms. The monoisotopic (exact) mass is 416 g/mol. The van der Waals surface area contributed by atoms with Crippen LogP contribution >= 0.6 is 0 Å². The lowest BCUT2D eigenvalue weighted by Gasteiger charge is -2.29. The summed E-state index contributed by atoms with van der Waals surface area (Å²) in [4.78, 5) is 17.8. The molecule has 6 nitrogen and oxygen atoms in total. The summed E-state index contributed by atoms with van der Waals surface area (Å²) in [7, 11) is 0. The number of hydrogen-bond acceptors (Lipinski definition) is 4. The highest BCUT2D eigenvalue weighted by molar-refractivity contribution is 6.00. The highest BCUT2D eigenvalue weighted by Gasteiger charge is 2.41. The Labute approximate surface area is 182 Å². The number of rotatable bonds is 6. The van der Waals surface area contributed by atoms with Gasteiger partial charge in [0.2, 0.25) is 0 Å². The number of nitrogens with one attached hydrogen (secondary N) is 1. The molecule has 1 N–H and O–H groups in total. The number of morpholine rings is 1. The van der Waals surface area contributed by atoms with E-state index in [1.807, 2.05) is 23.1 Å². The Morgan fingerprint density at radius 2 is 1.77 bits per heavy atom. The van der Waals surface area contributed by atoms with Crippen LogP contribution in [-0.4, -0.2) is 65.3 Å². The van der Waals surface area contributed by atoms with Crippen molar-refractivity contribution in [2.75, 3.05) is 39.4 Å². The van der Waals surface area contributed by atoms with Crippen molar-refractivity contribution in [3.63, 3.8) is 0 Å². The van der Waals surface area contributed by atoms with E-state index in [1.165, 1.54) is 5.56 Å². The molecule has 1 saturated heterocycles. The fraction of sp³-hybridized carbons (Fsp3) is 0.360. The minimum atomic E-state index is -0.122. The van der Waals surface area contributed by atoms with E-state index in [9.17, 15) is 4.79 Å². The number of hydrogen-bond donors (Lipinski definition) is 1. The summed E-state index contributed by atoms with van der Waals surface area (Å²) in [6.07, 6.45) is 0.937. The molecule has 0 aliphatic carbocycles. The number of aromatic amines is 1. The Morgan fingerprint density at radius 3 is 2.52 bits per heavy atom. The zero-order valence-electron chi connectivity index (χ0n) is 17.9. The Kier molecular flexibility index (Phi) is 5.57. The molecule has 1 aromatic heterocycles. The molecule has 6 heteroatoms. The van der Waals surface area contributed by atoms with Crippen molar-refractivity contribution in [2.24, 2.45) is 0 Å². The molecule has 31 heavy (non-hydrogen) atoms. The molecule has 5 rings (SSSR count). The fourth-order valence-corrected chi connectivity index (χ4v) is 4.63. The van der Waals surface area contributed by atoms with Crippen molar-refractivity contribution in [1.82, 2.24) is 20.0 Å². The number of amides is 1. The van der Waals surface area contributed by atoms with Gasteiger partial charge in [-0.1, -0.05) is 60.2 Å². The topological polar surface area (TPSA) is 61.5 Å². The number of carbonyl (C=O) groups is 1. The summed E-state index contributed by atoms with van der Waals surface area (Å²) >= 11 is 0. The first-order valence-corrected chi connectivity index (χ1v) is 11.0. The second kappa shape index (κ2) is 8.65.